The quantitative estimate of drug-likeness (QED) is 0.521. The molecule has 1 atom stereocenters. The van der Waals surface area contributed by atoms with E-state index in [0.29, 0.717) is 13.1 Å². The number of amides is 1. The molecule has 0 spiro atoms. The van der Waals surface area contributed by atoms with Crippen molar-refractivity contribution < 1.29 is 15.0 Å². The Balaban J connectivity index is 2.46. The number of nitriles is 1. The predicted molar refractivity (Wildman–Crippen MR) is 65.5 cm³/mol. The van der Waals surface area contributed by atoms with Crippen LogP contribution in [-0.2, 0) is 4.79 Å². The van der Waals surface area contributed by atoms with Crippen molar-refractivity contribution in [3.05, 3.63) is 0 Å². The SMILES string of the molecule is CC(C#N)(NC(=O)CN(CCO)CCO)C1CC1. The minimum Gasteiger partial charge on any atom is -0.395 e. The summed E-state index contributed by atoms with van der Waals surface area (Å²) in [6.45, 7) is 2.37. The fourth-order valence-corrected chi connectivity index (χ4v) is 1.97. The Morgan fingerprint density at radius 1 is 1.44 bits per heavy atom. The number of carbonyl (C=O) groups excluding carboxylic acids is 1. The first kappa shape index (κ1) is 14.9. The highest BCUT2D eigenvalue weighted by Crippen LogP contribution is 2.39. The zero-order chi connectivity index (χ0) is 13.6. The maximum absolute atomic E-state index is 11.8. The molecule has 1 unspecified atom stereocenters. The van der Waals surface area contributed by atoms with Crippen molar-refractivity contribution in [3.63, 3.8) is 0 Å². The monoisotopic (exact) mass is 255 g/mol. The molecule has 6 nitrogen and oxygen atoms in total. The van der Waals surface area contributed by atoms with Crippen LogP contribution < -0.4 is 5.32 Å². The summed E-state index contributed by atoms with van der Waals surface area (Å²) in [6.07, 6.45) is 1.95. The summed E-state index contributed by atoms with van der Waals surface area (Å²) < 4.78 is 0. The summed E-state index contributed by atoms with van der Waals surface area (Å²) in [4.78, 5) is 13.5. The number of rotatable bonds is 8. The van der Waals surface area contributed by atoms with Crippen LogP contribution in [0.15, 0.2) is 0 Å². The molecule has 0 aromatic carbocycles. The minimum atomic E-state index is -0.790. The molecule has 1 fully saturated rings. The van der Waals surface area contributed by atoms with E-state index in [4.69, 9.17) is 15.5 Å². The van der Waals surface area contributed by atoms with Gasteiger partial charge in [-0.1, -0.05) is 0 Å². The third-order valence-corrected chi connectivity index (χ3v) is 3.22. The molecule has 6 heteroatoms. The normalized spacial score (nSPS) is 18.2. The van der Waals surface area contributed by atoms with Gasteiger partial charge in [-0.05, 0) is 25.7 Å². The first-order valence-corrected chi connectivity index (χ1v) is 6.22. The number of aliphatic hydroxyl groups excluding tert-OH is 2. The molecule has 1 amide bonds. The van der Waals surface area contributed by atoms with Gasteiger partial charge in [0, 0.05) is 13.1 Å². The maximum Gasteiger partial charge on any atom is 0.235 e. The zero-order valence-corrected chi connectivity index (χ0v) is 10.7. The molecule has 0 radical (unpaired) electrons. The molecule has 0 heterocycles. The molecule has 1 rings (SSSR count). The average Bonchev–Trinajstić information content (AvgIpc) is 3.13. The second kappa shape index (κ2) is 6.69. The average molecular weight is 255 g/mol. The van der Waals surface area contributed by atoms with Crippen LogP contribution in [-0.4, -0.2) is 59.4 Å². The predicted octanol–water partition coefficient (Wildman–Crippen LogP) is -0.919. The van der Waals surface area contributed by atoms with E-state index in [1.165, 1.54) is 0 Å². The summed E-state index contributed by atoms with van der Waals surface area (Å²) in [5.74, 6) is 0.00318. The number of nitrogens with one attached hydrogen (secondary N) is 1. The van der Waals surface area contributed by atoms with E-state index in [1.54, 1.807) is 11.8 Å². The lowest BCUT2D eigenvalue weighted by molar-refractivity contribution is -0.123. The Hall–Kier alpha value is -1.16. The van der Waals surface area contributed by atoms with E-state index in [1.807, 2.05) is 0 Å². The molecule has 0 aromatic rings. The van der Waals surface area contributed by atoms with Crippen LogP contribution in [0.2, 0.25) is 0 Å². The van der Waals surface area contributed by atoms with Gasteiger partial charge >= 0.3 is 0 Å². The van der Waals surface area contributed by atoms with E-state index >= 15 is 0 Å². The van der Waals surface area contributed by atoms with Gasteiger partial charge in [0.2, 0.25) is 5.91 Å². The number of nitrogens with zero attached hydrogens (tertiary/aromatic N) is 2. The lowest BCUT2D eigenvalue weighted by Gasteiger charge is -2.25. The highest BCUT2D eigenvalue weighted by Gasteiger charge is 2.43. The summed E-state index contributed by atoms with van der Waals surface area (Å²) >= 11 is 0. The fraction of sp³-hybridized carbons (Fsp3) is 0.833. The molecule has 18 heavy (non-hydrogen) atoms. The van der Waals surface area contributed by atoms with Crippen molar-refractivity contribution in [3.8, 4) is 6.07 Å². The molecule has 0 aliphatic heterocycles. The van der Waals surface area contributed by atoms with E-state index in [0.717, 1.165) is 12.8 Å². The van der Waals surface area contributed by atoms with Crippen molar-refractivity contribution in [2.24, 2.45) is 5.92 Å². The van der Waals surface area contributed by atoms with E-state index in [9.17, 15) is 4.79 Å². The summed E-state index contributed by atoms with van der Waals surface area (Å²) in [5.41, 5.74) is -0.790. The summed E-state index contributed by atoms with van der Waals surface area (Å²) in [7, 11) is 0. The van der Waals surface area contributed by atoms with E-state index < -0.39 is 5.54 Å². The smallest absolute Gasteiger partial charge is 0.235 e. The van der Waals surface area contributed by atoms with Crippen LogP contribution in [0.1, 0.15) is 19.8 Å². The van der Waals surface area contributed by atoms with Crippen molar-refractivity contribution in [2.45, 2.75) is 25.3 Å². The van der Waals surface area contributed by atoms with Gasteiger partial charge in [0.25, 0.3) is 0 Å². The molecule has 0 bridgehead atoms. The second-order valence-corrected chi connectivity index (χ2v) is 4.86. The van der Waals surface area contributed by atoms with Gasteiger partial charge in [-0.2, -0.15) is 5.26 Å². The van der Waals surface area contributed by atoms with Gasteiger partial charge in [0.1, 0.15) is 5.54 Å². The summed E-state index contributed by atoms with van der Waals surface area (Å²) in [5, 5.41) is 29.6. The van der Waals surface area contributed by atoms with Gasteiger partial charge in [-0.3, -0.25) is 9.69 Å². The molecule has 0 aromatic heterocycles. The Morgan fingerprint density at radius 2 is 2.00 bits per heavy atom. The van der Waals surface area contributed by atoms with Gasteiger partial charge in [-0.15, -0.1) is 0 Å². The first-order chi connectivity index (χ1) is 8.55. The largest absolute Gasteiger partial charge is 0.395 e. The number of carbonyl (C=O) groups is 1. The molecule has 3 N–H and O–H groups in total. The fourth-order valence-electron chi connectivity index (χ4n) is 1.97. The van der Waals surface area contributed by atoms with Gasteiger partial charge in [0.15, 0.2) is 0 Å². The number of aliphatic hydroxyl groups is 2. The number of hydrogen-bond donors (Lipinski definition) is 3. The topological polar surface area (TPSA) is 96.6 Å². The Labute approximate surface area is 107 Å². The highest BCUT2D eigenvalue weighted by atomic mass is 16.3. The van der Waals surface area contributed by atoms with Crippen LogP contribution in [0.5, 0.6) is 0 Å². The Morgan fingerprint density at radius 3 is 2.39 bits per heavy atom. The number of hydrogen-bond acceptors (Lipinski definition) is 5. The Bertz CT molecular complexity index is 319. The second-order valence-electron chi connectivity index (χ2n) is 4.86. The minimum absolute atomic E-state index is 0.0641. The molecule has 0 saturated heterocycles. The highest BCUT2D eigenvalue weighted by molar-refractivity contribution is 5.79. The van der Waals surface area contributed by atoms with Crippen molar-refractivity contribution in [1.29, 1.82) is 5.26 Å². The van der Waals surface area contributed by atoms with Crippen LogP contribution in [0.4, 0.5) is 0 Å². The van der Waals surface area contributed by atoms with Crippen LogP contribution in [0.3, 0.4) is 0 Å². The zero-order valence-electron chi connectivity index (χ0n) is 10.7. The maximum atomic E-state index is 11.8. The third-order valence-electron chi connectivity index (χ3n) is 3.22. The summed E-state index contributed by atoms with van der Waals surface area (Å²) in [6, 6.07) is 2.16. The third kappa shape index (κ3) is 4.26. The molecule has 102 valence electrons. The lowest BCUT2D eigenvalue weighted by Crippen LogP contribution is -2.50. The van der Waals surface area contributed by atoms with Crippen molar-refractivity contribution >= 4 is 5.91 Å². The van der Waals surface area contributed by atoms with Gasteiger partial charge in [-0.25, -0.2) is 0 Å². The van der Waals surface area contributed by atoms with Gasteiger partial charge < -0.3 is 15.5 Å². The Kier molecular flexibility index (Phi) is 5.54. The molecular weight excluding hydrogens is 234 g/mol. The molecule has 1 aliphatic rings. The molecule has 1 aliphatic carbocycles. The molecular formula is C12H21N3O3. The standard InChI is InChI=1S/C12H21N3O3/c1-12(9-13,10-2-3-10)14-11(18)8-15(4-6-16)5-7-17/h10,16-17H,2-8H2,1H3,(H,14,18). The first-order valence-electron chi connectivity index (χ1n) is 6.22. The van der Waals surface area contributed by atoms with Crippen LogP contribution >= 0.6 is 0 Å². The molecule has 1 saturated carbocycles. The van der Waals surface area contributed by atoms with Crippen molar-refractivity contribution in [1.82, 2.24) is 10.2 Å². The van der Waals surface area contributed by atoms with Crippen LogP contribution in [0, 0.1) is 17.2 Å². The van der Waals surface area contributed by atoms with Crippen LogP contribution in [0.25, 0.3) is 0 Å². The lowest BCUT2D eigenvalue weighted by atomic mass is 9.98. The van der Waals surface area contributed by atoms with Gasteiger partial charge in [0.05, 0.1) is 25.8 Å². The van der Waals surface area contributed by atoms with E-state index in [-0.39, 0.29) is 31.6 Å². The van der Waals surface area contributed by atoms with Crippen molar-refractivity contribution in [2.75, 3.05) is 32.8 Å². The van der Waals surface area contributed by atoms with E-state index in [2.05, 4.69) is 11.4 Å².